The van der Waals surface area contributed by atoms with Crippen molar-refractivity contribution in [3.05, 3.63) is 12.2 Å². The Morgan fingerprint density at radius 2 is 1.01 bits per heavy atom. The van der Waals surface area contributed by atoms with Crippen LogP contribution in [-0.2, 0) is 57.5 Å². The molecule has 0 aromatic carbocycles. The molecule has 4 N–H and O–H groups in total. The van der Waals surface area contributed by atoms with Crippen LogP contribution in [0.15, 0.2) is 12.2 Å². The van der Waals surface area contributed by atoms with Crippen LogP contribution >= 0.6 is 0 Å². The average molecular weight is 1340 g/mol. The molecule has 0 unspecified atom stereocenters. The normalized spacial score (nSPS) is 27.8. The molecular formula is C68H119N13O14. The smallest absolute Gasteiger partial charge is 0.409 e. The number of carbonyl (C=O) groups is 12. The van der Waals surface area contributed by atoms with Crippen LogP contribution in [0.4, 0.5) is 4.79 Å². The van der Waals surface area contributed by atoms with Gasteiger partial charge in [0, 0.05) is 75.0 Å². The third kappa shape index (κ3) is 20.3. The second-order valence-electron chi connectivity index (χ2n) is 28.6. The summed E-state index contributed by atoms with van der Waals surface area (Å²) in [7, 11) is 8.43. The summed E-state index contributed by atoms with van der Waals surface area (Å²) in [6, 6.07) is -14.4. The molecule has 0 aromatic heterocycles. The lowest BCUT2D eigenvalue weighted by atomic mass is 9.91. The van der Waals surface area contributed by atoms with Gasteiger partial charge in [0.1, 0.15) is 66.5 Å². The maximum absolute atomic E-state index is 15.3. The minimum atomic E-state index is -1.66. The standard InChI is InChI=1S/C68H119N13O14/c1-25-28-29-43(14)56(82)55-59(85)70-48(26-2)63(89)72(19)46(17)61(87)76(23)54(44(15)37-78-30-32-79(33-31-78)68(94)95-27-3)58(84)71-52(41(10)11)66(92)73(20)49(34-38(4)5)57(83)69-45(16)60(86)80-47(18)62(88)81(80)51(36-40(8)9)65(91)74(21)50(35-39(6)7)64(90)75(22)53(42(12)13)67(93)77(55)24/h25,28,38-56,82H,26-27,29-37H2,1-24H3,(H,69,83)(H,70,85)(H,71,84)/b28-25+/t43-,44-,45+,46-,47-,48+,49+,50+,51+,52+,53+,54+,55+,56-/m1/s1. The Balaban J connectivity index is 2.40. The van der Waals surface area contributed by atoms with Crippen molar-refractivity contribution >= 4 is 71.1 Å². The number of allylic oxidation sites excluding steroid dienone is 2. The van der Waals surface area contributed by atoms with Gasteiger partial charge in [-0.1, -0.05) is 102 Å². The molecule has 95 heavy (non-hydrogen) atoms. The number of nitrogens with zero attached hydrogens (tertiary/aromatic N) is 10. The summed E-state index contributed by atoms with van der Waals surface area (Å²) in [5.41, 5.74) is 0. The van der Waals surface area contributed by atoms with Crippen molar-refractivity contribution in [2.24, 2.45) is 41.4 Å². The maximum atomic E-state index is 15.3. The molecule has 3 rings (SSSR count). The number of carbonyl (C=O) groups excluding carboxylic acids is 12. The summed E-state index contributed by atoms with van der Waals surface area (Å²) >= 11 is 0. The Morgan fingerprint density at radius 1 is 0.516 bits per heavy atom. The Morgan fingerprint density at radius 3 is 1.52 bits per heavy atom. The molecule has 0 spiro atoms. The highest BCUT2D eigenvalue weighted by molar-refractivity contribution is 6.02. The predicted molar refractivity (Wildman–Crippen MR) is 361 cm³/mol. The van der Waals surface area contributed by atoms with E-state index in [2.05, 4.69) is 16.0 Å². The van der Waals surface area contributed by atoms with Crippen LogP contribution in [0.25, 0.3) is 0 Å². The number of aliphatic hydroxyl groups excluding tert-OH is 1. The average Bonchev–Trinajstić information content (AvgIpc) is 0.744. The first kappa shape index (κ1) is 82.3. The van der Waals surface area contributed by atoms with Crippen molar-refractivity contribution in [3.63, 3.8) is 0 Å². The molecule has 27 nitrogen and oxygen atoms in total. The van der Waals surface area contributed by atoms with E-state index in [0.717, 1.165) is 19.8 Å². The summed E-state index contributed by atoms with van der Waals surface area (Å²) in [5, 5.41) is 23.0. The van der Waals surface area contributed by atoms with E-state index in [-0.39, 0.29) is 63.0 Å². The molecule has 0 aliphatic carbocycles. The zero-order chi connectivity index (χ0) is 72.7. The third-order valence-electron chi connectivity index (χ3n) is 18.9. The number of likely N-dealkylation sites (N-methyl/N-ethyl adjacent to an activating group) is 6. The van der Waals surface area contributed by atoms with Crippen molar-refractivity contribution < 1.29 is 67.4 Å². The van der Waals surface area contributed by atoms with Crippen LogP contribution in [0.3, 0.4) is 0 Å². The second kappa shape index (κ2) is 36.4. The number of fused-ring (bicyclic) bond motifs is 1. The lowest BCUT2D eigenvalue weighted by Crippen LogP contribution is -2.76. The van der Waals surface area contributed by atoms with Crippen LogP contribution in [0.2, 0.25) is 0 Å². The molecule has 0 saturated carbocycles. The van der Waals surface area contributed by atoms with Crippen LogP contribution in [0.1, 0.15) is 157 Å². The molecule has 540 valence electrons. The Bertz CT molecular complexity index is 2720. The molecule has 3 fully saturated rings. The molecule has 0 aromatic rings. The lowest BCUT2D eigenvalue weighted by Gasteiger charge is -2.53. The third-order valence-corrected chi connectivity index (χ3v) is 18.9. The minimum absolute atomic E-state index is 0.0177. The minimum Gasteiger partial charge on any atom is -0.450 e. The molecular weight excluding hydrogens is 1220 g/mol. The van der Waals surface area contributed by atoms with Crippen molar-refractivity contribution in [2.45, 2.75) is 229 Å². The van der Waals surface area contributed by atoms with Crippen LogP contribution < -0.4 is 16.0 Å². The van der Waals surface area contributed by atoms with Gasteiger partial charge in [0.05, 0.1) is 12.7 Å². The highest BCUT2D eigenvalue weighted by Crippen LogP contribution is 2.31. The van der Waals surface area contributed by atoms with Gasteiger partial charge in [0.15, 0.2) is 0 Å². The highest BCUT2D eigenvalue weighted by Gasteiger charge is 2.54. The molecule has 3 aliphatic heterocycles. The molecule has 0 radical (unpaired) electrons. The van der Waals surface area contributed by atoms with E-state index in [0.29, 0.717) is 26.2 Å². The predicted octanol–water partition coefficient (Wildman–Crippen LogP) is 3.03. The van der Waals surface area contributed by atoms with Gasteiger partial charge in [0.2, 0.25) is 53.2 Å². The lowest BCUT2D eigenvalue weighted by molar-refractivity contribution is -0.211. The number of rotatable bonds is 17. The zero-order valence-electron chi connectivity index (χ0n) is 61.6. The Hall–Kier alpha value is -6.90. The van der Waals surface area contributed by atoms with E-state index in [1.54, 1.807) is 79.4 Å². The van der Waals surface area contributed by atoms with Gasteiger partial charge in [-0.15, -0.1) is 0 Å². The molecule has 27 heteroatoms. The molecule has 3 saturated heterocycles. The van der Waals surface area contributed by atoms with E-state index >= 15 is 33.6 Å². The number of ether oxygens (including phenoxy) is 1. The first-order chi connectivity index (χ1) is 44.2. The van der Waals surface area contributed by atoms with Crippen molar-refractivity contribution in [2.75, 3.05) is 81.6 Å². The van der Waals surface area contributed by atoms with E-state index in [9.17, 15) is 29.1 Å². The number of amides is 12. The highest BCUT2D eigenvalue weighted by atomic mass is 16.6. The van der Waals surface area contributed by atoms with E-state index < -0.39 is 167 Å². The molecule has 0 bridgehead atoms. The molecule has 12 amide bonds. The number of aliphatic hydroxyl groups is 1. The summed E-state index contributed by atoms with van der Waals surface area (Å²) in [4.78, 5) is 189. The quantitative estimate of drug-likeness (QED) is 0.152. The van der Waals surface area contributed by atoms with Crippen molar-refractivity contribution in [1.82, 2.24) is 65.2 Å². The van der Waals surface area contributed by atoms with E-state index in [1.807, 2.05) is 46.4 Å². The second-order valence-corrected chi connectivity index (χ2v) is 28.6. The van der Waals surface area contributed by atoms with Crippen LogP contribution in [-0.4, -0.2) is 280 Å². The first-order valence-electron chi connectivity index (χ1n) is 34.3. The SMILES string of the molecule is C/C=C/C[C@@H](C)[C@@H](O)[C@H]1C(=O)N[C@@H](CC)C(=O)N(C)[C@H](C)C(=O)N(C)[C@@H]([C@H](C)CN2CCN(C(=O)OCC)CC2)C(=O)N[C@@H](C(C)C)C(=O)N(C)[C@@H](CC(C)C)C(=O)N[C@@H](C)C(=O)N2[C@H](C)C(=O)N2[C@@H](CC(C)C)C(=O)N(C)[C@@H](CC(C)C)C(=O)N(C)[C@@H](C(C)C)C(=O)N1C. The Kier molecular flexibility index (Phi) is 31.6. The summed E-state index contributed by atoms with van der Waals surface area (Å²) < 4.78 is 5.23. The monoisotopic (exact) mass is 1340 g/mol. The van der Waals surface area contributed by atoms with Gasteiger partial charge >= 0.3 is 6.09 Å². The maximum Gasteiger partial charge on any atom is 0.409 e. The summed E-state index contributed by atoms with van der Waals surface area (Å²) in [6.45, 7) is 32.9. The first-order valence-corrected chi connectivity index (χ1v) is 34.3. The fraction of sp³-hybridized carbons (Fsp3) is 0.794. The van der Waals surface area contributed by atoms with Crippen molar-refractivity contribution in [3.8, 4) is 0 Å². The molecule has 14 atom stereocenters. The van der Waals surface area contributed by atoms with Gasteiger partial charge in [0.25, 0.3) is 11.8 Å². The van der Waals surface area contributed by atoms with E-state index in [4.69, 9.17) is 4.74 Å². The fourth-order valence-corrected chi connectivity index (χ4v) is 13.0. The number of hydrogen-bond donors (Lipinski definition) is 4. The van der Waals surface area contributed by atoms with Gasteiger partial charge in [-0.2, -0.15) is 0 Å². The number of hydrazine groups is 1. The van der Waals surface area contributed by atoms with Gasteiger partial charge in [-0.3, -0.25) is 57.6 Å². The topological polar surface area (TPSA) is 303 Å². The van der Waals surface area contributed by atoms with Gasteiger partial charge in [-0.05, 0) is 108 Å². The Labute approximate surface area is 566 Å². The zero-order valence-corrected chi connectivity index (χ0v) is 61.6. The fourth-order valence-electron chi connectivity index (χ4n) is 13.0. The molecule has 3 aliphatic rings. The number of nitrogens with one attached hydrogen (secondary N) is 3. The van der Waals surface area contributed by atoms with Crippen molar-refractivity contribution in [1.29, 1.82) is 0 Å². The molecule has 3 heterocycles. The summed E-state index contributed by atoms with van der Waals surface area (Å²) in [5.74, 6) is -11.0. The summed E-state index contributed by atoms with van der Waals surface area (Å²) in [6.07, 6.45) is 2.09. The van der Waals surface area contributed by atoms with Gasteiger partial charge < -0.3 is 60.1 Å². The number of hydrogen-bond acceptors (Lipinski definition) is 15. The van der Waals surface area contributed by atoms with Gasteiger partial charge in [-0.25, -0.2) is 14.8 Å². The number of piperazine rings is 1. The van der Waals surface area contributed by atoms with Crippen LogP contribution in [0.5, 0.6) is 0 Å². The van der Waals surface area contributed by atoms with Crippen LogP contribution in [0, 0.1) is 41.4 Å². The largest absolute Gasteiger partial charge is 0.450 e. The van der Waals surface area contributed by atoms with E-state index in [1.165, 1.54) is 82.7 Å².